The van der Waals surface area contributed by atoms with E-state index in [1.54, 1.807) is 11.7 Å². The molecule has 4 aromatic carbocycles. The molecule has 0 spiro atoms. The Balaban J connectivity index is 1.37. The van der Waals surface area contributed by atoms with Gasteiger partial charge < -0.3 is 9.47 Å². The number of nitrogens with zero attached hydrogens (tertiary/aromatic N) is 4. The minimum Gasteiger partial charge on any atom is -0.496 e. The summed E-state index contributed by atoms with van der Waals surface area (Å²) in [5.74, 6) is 2.98. The summed E-state index contributed by atoms with van der Waals surface area (Å²) < 4.78 is 13.4. The molecule has 1 aliphatic heterocycles. The van der Waals surface area contributed by atoms with Crippen LogP contribution in [0, 0.1) is 6.92 Å². The first-order valence-corrected chi connectivity index (χ1v) is 13.7. The fourth-order valence-electron chi connectivity index (χ4n) is 5.22. The van der Waals surface area contributed by atoms with Gasteiger partial charge >= 0.3 is 0 Å². The molecule has 1 aromatic heterocycles. The third-order valence-corrected chi connectivity index (χ3v) is 7.31. The zero-order valence-electron chi connectivity index (χ0n) is 23.2. The maximum absolute atomic E-state index is 14.0. The minimum absolute atomic E-state index is 0.0184. The van der Waals surface area contributed by atoms with Crippen molar-refractivity contribution in [1.82, 2.24) is 14.5 Å². The van der Waals surface area contributed by atoms with E-state index in [9.17, 15) is 4.79 Å². The van der Waals surface area contributed by atoms with Gasteiger partial charge in [-0.05, 0) is 55.0 Å². The van der Waals surface area contributed by atoms with Gasteiger partial charge in [0, 0.05) is 29.8 Å². The van der Waals surface area contributed by atoms with Gasteiger partial charge in [0.1, 0.15) is 17.2 Å². The Morgan fingerprint density at radius 1 is 0.780 bits per heavy atom. The average molecular weight is 545 g/mol. The van der Waals surface area contributed by atoms with Crippen LogP contribution in [-0.4, -0.2) is 28.2 Å². The van der Waals surface area contributed by atoms with Gasteiger partial charge in [0.15, 0.2) is 0 Å². The number of benzene rings is 4. The number of hydrogen-bond acceptors (Lipinski definition) is 6. The number of aromatic nitrogens is 2. The van der Waals surface area contributed by atoms with Gasteiger partial charge in [-0.15, -0.1) is 0 Å². The normalized spacial score (nSPS) is 13.1. The molecular weight excluding hydrogens is 512 g/mol. The number of para-hydroxylation sites is 2. The third-order valence-electron chi connectivity index (χ3n) is 7.31. The van der Waals surface area contributed by atoms with Crippen LogP contribution in [0.25, 0.3) is 0 Å². The molecule has 0 unspecified atom stereocenters. The molecular formula is C34H32N4O3. The Morgan fingerprint density at radius 3 is 2.17 bits per heavy atom. The largest absolute Gasteiger partial charge is 0.496 e. The van der Waals surface area contributed by atoms with Gasteiger partial charge in [-0.3, -0.25) is 19.2 Å². The van der Waals surface area contributed by atoms with Crippen LogP contribution in [0.15, 0.2) is 114 Å². The van der Waals surface area contributed by atoms with Gasteiger partial charge in [0.2, 0.25) is 5.95 Å². The molecule has 2 heterocycles. The second-order valence-corrected chi connectivity index (χ2v) is 10.1. The molecule has 0 fully saturated rings. The Kier molecular flexibility index (Phi) is 7.52. The third kappa shape index (κ3) is 5.71. The second-order valence-electron chi connectivity index (χ2n) is 10.1. The van der Waals surface area contributed by atoms with Crippen LogP contribution in [-0.2, 0) is 19.6 Å². The van der Waals surface area contributed by atoms with Crippen LogP contribution in [0.4, 0.5) is 11.6 Å². The van der Waals surface area contributed by atoms with E-state index >= 15 is 0 Å². The predicted octanol–water partition coefficient (Wildman–Crippen LogP) is 6.51. The Labute approximate surface area is 239 Å². The maximum Gasteiger partial charge on any atom is 0.259 e. The van der Waals surface area contributed by atoms with Gasteiger partial charge in [-0.2, -0.15) is 0 Å². The molecule has 5 aromatic rings. The van der Waals surface area contributed by atoms with Crippen LogP contribution >= 0.6 is 0 Å². The zero-order valence-corrected chi connectivity index (χ0v) is 23.2. The van der Waals surface area contributed by atoms with Crippen LogP contribution in [0.5, 0.6) is 17.2 Å². The maximum atomic E-state index is 14.0. The monoisotopic (exact) mass is 544 g/mol. The number of aryl methyl sites for hydroxylation is 1. The highest BCUT2D eigenvalue weighted by Gasteiger charge is 2.28. The number of methoxy groups -OCH3 is 1. The first-order valence-electron chi connectivity index (χ1n) is 13.7. The van der Waals surface area contributed by atoms with Crippen molar-refractivity contribution in [2.24, 2.45) is 0 Å². The number of anilines is 2. The zero-order chi connectivity index (χ0) is 28.2. The van der Waals surface area contributed by atoms with E-state index in [2.05, 4.69) is 15.9 Å². The lowest BCUT2D eigenvalue weighted by atomic mass is 10.1. The average Bonchev–Trinajstić information content (AvgIpc) is 3.01. The summed E-state index contributed by atoms with van der Waals surface area (Å²) in [6.45, 7) is 3.52. The summed E-state index contributed by atoms with van der Waals surface area (Å²) in [7, 11) is 1.68. The van der Waals surface area contributed by atoms with Gasteiger partial charge in [-0.25, -0.2) is 4.98 Å². The lowest BCUT2D eigenvalue weighted by Crippen LogP contribution is -2.47. The van der Waals surface area contributed by atoms with E-state index in [0.717, 1.165) is 39.8 Å². The molecule has 0 aliphatic carbocycles. The first kappa shape index (κ1) is 26.3. The molecule has 7 heteroatoms. The quantitative estimate of drug-likeness (QED) is 0.222. The Hall–Kier alpha value is -4.88. The van der Waals surface area contributed by atoms with E-state index in [1.807, 2.05) is 110 Å². The van der Waals surface area contributed by atoms with Gasteiger partial charge in [0.05, 0.1) is 26.1 Å². The standard InChI is InChI=1S/C34H32N4O3/c1-25-31(21-26-11-5-3-6-12-26)33(39)38-24-36(22-27-13-9-10-16-32(27)40-2)23-37(34(38)35-25)28-17-19-30(20-18-28)41-29-14-7-4-8-15-29/h3-20H,21-24H2,1-2H3. The van der Waals surface area contributed by atoms with E-state index in [-0.39, 0.29) is 5.56 Å². The van der Waals surface area contributed by atoms with E-state index < -0.39 is 0 Å². The summed E-state index contributed by atoms with van der Waals surface area (Å²) in [6.07, 6.45) is 0.539. The summed E-state index contributed by atoms with van der Waals surface area (Å²) >= 11 is 0. The van der Waals surface area contributed by atoms with Crippen molar-refractivity contribution < 1.29 is 9.47 Å². The van der Waals surface area contributed by atoms with Gasteiger partial charge in [-0.1, -0.05) is 66.7 Å². The summed E-state index contributed by atoms with van der Waals surface area (Å²) in [5, 5.41) is 0. The first-order chi connectivity index (χ1) is 20.1. The SMILES string of the molecule is COc1ccccc1CN1CN(c2ccc(Oc3ccccc3)cc2)c2nc(C)c(Cc3ccccc3)c(=O)n2C1. The lowest BCUT2D eigenvalue weighted by molar-refractivity contribution is 0.187. The van der Waals surface area contributed by atoms with Crippen molar-refractivity contribution in [2.75, 3.05) is 18.7 Å². The second kappa shape index (κ2) is 11.7. The molecule has 0 radical (unpaired) electrons. The molecule has 0 N–H and O–H groups in total. The Morgan fingerprint density at radius 2 is 1.44 bits per heavy atom. The number of ether oxygens (including phenoxy) is 2. The van der Waals surface area contributed by atoms with Crippen molar-refractivity contribution in [2.45, 2.75) is 26.6 Å². The smallest absolute Gasteiger partial charge is 0.259 e. The topological polar surface area (TPSA) is 59.8 Å². The molecule has 206 valence electrons. The van der Waals surface area contributed by atoms with Crippen LogP contribution in [0.2, 0.25) is 0 Å². The number of rotatable bonds is 8. The minimum atomic E-state index is -0.0184. The lowest BCUT2D eigenvalue weighted by Gasteiger charge is -2.38. The number of fused-ring (bicyclic) bond motifs is 1. The number of hydrogen-bond donors (Lipinski definition) is 0. The summed E-state index contributed by atoms with van der Waals surface area (Å²) in [5.41, 5.74) is 4.51. The van der Waals surface area contributed by atoms with Crippen LogP contribution < -0.4 is 19.9 Å². The van der Waals surface area contributed by atoms with Gasteiger partial charge in [0.25, 0.3) is 5.56 Å². The highest BCUT2D eigenvalue weighted by Crippen LogP contribution is 2.32. The predicted molar refractivity (Wildman–Crippen MR) is 161 cm³/mol. The summed E-state index contributed by atoms with van der Waals surface area (Å²) in [6, 6.07) is 35.7. The van der Waals surface area contributed by atoms with Crippen molar-refractivity contribution in [3.05, 3.63) is 142 Å². The van der Waals surface area contributed by atoms with E-state index in [4.69, 9.17) is 14.5 Å². The van der Waals surface area contributed by atoms with E-state index in [0.29, 0.717) is 37.8 Å². The molecule has 1 aliphatic rings. The molecule has 6 rings (SSSR count). The van der Waals surface area contributed by atoms with Crippen LogP contribution in [0.1, 0.15) is 22.4 Å². The van der Waals surface area contributed by atoms with E-state index in [1.165, 1.54) is 0 Å². The molecule has 0 saturated carbocycles. The molecule has 0 atom stereocenters. The van der Waals surface area contributed by atoms with Crippen molar-refractivity contribution >= 4 is 11.6 Å². The van der Waals surface area contributed by atoms with Crippen LogP contribution in [0.3, 0.4) is 0 Å². The molecule has 41 heavy (non-hydrogen) atoms. The fraction of sp³-hybridized carbons (Fsp3) is 0.176. The molecule has 0 bridgehead atoms. The molecule has 0 saturated heterocycles. The van der Waals surface area contributed by atoms with Crippen molar-refractivity contribution in [1.29, 1.82) is 0 Å². The Bertz CT molecular complexity index is 1690. The van der Waals surface area contributed by atoms with Crippen molar-refractivity contribution in [3.63, 3.8) is 0 Å². The van der Waals surface area contributed by atoms with Crippen molar-refractivity contribution in [3.8, 4) is 17.2 Å². The highest BCUT2D eigenvalue weighted by atomic mass is 16.5. The molecule has 0 amide bonds. The molecule has 7 nitrogen and oxygen atoms in total. The highest BCUT2D eigenvalue weighted by molar-refractivity contribution is 5.60. The fourth-order valence-corrected chi connectivity index (χ4v) is 5.22. The summed E-state index contributed by atoms with van der Waals surface area (Å²) in [4.78, 5) is 23.3.